The van der Waals surface area contributed by atoms with Crippen LogP contribution in [-0.2, 0) is 0 Å². The maximum Gasteiger partial charge on any atom is 0.260 e. The standard InChI is InChI=1S/C12H12N2O3/c13-9-5-8-10(4-7(9)6-15)17-11-2-1-3-14(11)12(8)16/h4-6,11H,1-3,13H2. The van der Waals surface area contributed by atoms with Gasteiger partial charge in [-0.15, -0.1) is 0 Å². The summed E-state index contributed by atoms with van der Waals surface area (Å²) < 4.78 is 5.71. The van der Waals surface area contributed by atoms with Gasteiger partial charge in [0.1, 0.15) is 5.75 Å². The number of carbonyl (C=O) groups excluding carboxylic acids is 2. The number of hydrogen-bond donors (Lipinski definition) is 1. The minimum absolute atomic E-state index is 0.0575. The van der Waals surface area contributed by atoms with Crippen molar-refractivity contribution in [2.45, 2.75) is 19.1 Å². The van der Waals surface area contributed by atoms with Gasteiger partial charge in [-0.25, -0.2) is 0 Å². The van der Waals surface area contributed by atoms with Gasteiger partial charge in [-0.1, -0.05) is 0 Å². The molecule has 2 aliphatic heterocycles. The molecule has 1 atom stereocenters. The van der Waals surface area contributed by atoms with Crippen molar-refractivity contribution in [2.75, 3.05) is 12.3 Å². The second-order valence-electron chi connectivity index (χ2n) is 4.31. The Labute approximate surface area is 98.1 Å². The second kappa shape index (κ2) is 3.48. The van der Waals surface area contributed by atoms with Gasteiger partial charge in [0.25, 0.3) is 5.91 Å². The lowest BCUT2D eigenvalue weighted by Gasteiger charge is -2.31. The summed E-state index contributed by atoms with van der Waals surface area (Å²) in [6.45, 7) is 0.721. The van der Waals surface area contributed by atoms with E-state index in [9.17, 15) is 9.59 Å². The van der Waals surface area contributed by atoms with E-state index in [1.807, 2.05) is 0 Å². The molecule has 0 spiro atoms. The molecule has 1 saturated heterocycles. The summed E-state index contributed by atoms with van der Waals surface area (Å²) in [5, 5.41) is 0. The van der Waals surface area contributed by atoms with Gasteiger partial charge < -0.3 is 15.4 Å². The van der Waals surface area contributed by atoms with E-state index < -0.39 is 0 Å². The number of fused-ring (bicyclic) bond motifs is 2. The zero-order valence-electron chi connectivity index (χ0n) is 9.18. The molecule has 3 rings (SSSR count). The first kappa shape index (κ1) is 10.1. The number of ether oxygens (including phenoxy) is 1. The normalized spacial score (nSPS) is 21.8. The fourth-order valence-corrected chi connectivity index (χ4v) is 2.37. The van der Waals surface area contributed by atoms with E-state index in [1.165, 1.54) is 6.07 Å². The van der Waals surface area contributed by atoms with Gasteiger partial charge in [0.15, 0.2) is 12.5 Å². The lowest BCUT2D eigenvalue weighted by Crippen LogP contribution is -2.43. The van der Waals surface area contributed by atoms with E-state index in [0.29, 0.717) is 28.8 Å². The number of aldehydes is 1. The SMILES string of the molecule is Nc1cc2c(cc1C=O)OC1CCCN1C2=O. The molecule has 1 unspecified atom stereocenters. The highest BCUT2D eigenvalue weighted by atomic mass is 16.5. The van der Waals surface area contributed by atoms with Gasteiger partial charge in [0.05, 0.1) is 5.56 Å². The molecule has 0 aromatic heterocycles. The Morgan fingerprint density at radius 3 is 3.06 bits per heavy atom. The largest absolute Gasteiger partial charge is 0.470 e. The number of benzene rings is 1. The molecule has 2 aliphatic rings. The van der Waals surface area contributed by atoms with Crippen molar-refractivity contribution in [1.29, 1.82) is 0 Å². The molecular formula is C12H12N2O3. The summed E-state index contributed by atoms with van der Waals surface area (Å²) in [4.78, 5) is 24.7. The zero-order valence-corrected chi connectivity index (χ0v) is 9.18. The minimum Gasteiger partial charge on any atom is -0.470 e. The minimum atomic E-state index is -0.182. The molecular weight excluding hydrogens is 220 g/mol. The van der Waals surface area contributed by atoms with Gasteiger partial charge in [0, 0.05) is 24.2 Å². The van der Waals surface area contributed by atoms with Gasteiger partial charge in [0.2, 0.25) is 0 Å². The van der Waals surface area contributed by atoms with E-state index in [4.69, 9.17) is 10.5 Å². The lowest BCUT2D eigenvalue weighted by atomic mass is 10.1. The third kappa shape index (κ3) is 1.39. The fraction of sp³-hybridized carbons (Fsp3) is 0.333. The summed E-state index contributed by atoms with van der Waals surface area (Å²) in [7, 11) is 0. The molecule has 2 N–H and O–H groups in total. The van der Waals surface area contributed by atoms with Crippen LogP contribution in [0.4, 0.5) is 5.69 Å². The Morgan fingerprint density at radius 2 is 2.29 bits per heavy atom. The van der Waals surface area contributed by atoms with Gasteiger partial charge in [-0.3, -0.25) is 9.59 Å². The molecule has 1 aromatic rings. The molecule has 17 heavy (non-hydrogen) atoms. The third-order valence-electron chi connectivity index (χ3n) is 3.26. The first-order valence-electron chi connectivity index (χ1n) is 5.57. The van der Waals surface area contributed by atoms with Crippen LogP contribution >= 0.6 is 0 Å². The highest BCUT2D eigenvalue weighted by Crippen LogP contribution is 2.35. The van der Waals surface area contributed by atoms with Crippen LogP contribution in [0.1, 0.15) is 33.6 Å². The molecule has 1 aromatic carbocycles. The van der Waals surface area contributed by atoms with Crippen LogP contribution in [0.2, 0.25) is 0 Å². The Kier molecular flexibility index (Phi) is 2.07. The van der Waals surface area contributed by atoms with Crippen molar-refractivity contribution in [3.8, 4) is 5.75 Å². The van der Waals surface area contributed by atoms with Crippen molar-refractivity contribution in [3.63, 3.8) is 0 Å². The number of carbonyl (C=O) groups is 2. The summed E-state index contributed by atoms with van der Waals surface area (Å²) in [6.07, 6.45) is 2.27. The molecule has 5 heteroatoms. The topological polar surface area (TPSA) is 72.6 Å². The number of rotatable bonds is 1. The molecule has 0 bridgehead atoms. The maximum absolute atomic E-state index is 12.2. The van der Waals surface area contributed by atoms with E-state index in [1.54, 1.807) is 11.0 Å². The first-order chi connectivity index (χ1) is 8.20. The van der Waals surface area contributed by atoms with Crippen LogP contribution in [-0.4, -0.2) is 29.9 Å². The van der Waals surface area contributed by atoms with Crippen LogP contribution < -0.4 is 10.5 Å². The quantitative estimate of drug-likeness (QED) is 0.580. The number of nitrogen functional groups attached to an aromatic ring is 1. The van der Waals surface area contributed by atoms with Crippen LogP contribution in [0.15, 0.2) is 12.1 Å². The molecule has 0 aliphatic carbocycles. The molecule has 1 fully saturated rings. The predicted molar refractivity (Wildman–Crippen MR) is 60.9 cm³/mol. The zero-order chi connectivity index (χ0) is 12.0. The van der Waals surface area contributed by atoms with Gasteiger partial charge >= 0.3 is 0 Å². The average Bonchev–Trinajstić information content (AvgIpc) is 2.78. The molecule has 5 nitrogen and oxygen atoms in total. The smallest absolute Gasteiger partial charge is 0.260 e. The van der Waals surface area contributed by atoms with Crippen LogP contribution in [0.3, 0.4) is 0 Å². The maximum atomic E-state index is 12.2. The number of nitrogens with zero attached hydrogens (tertiary/aromatic N) is 1. The van der Waals surface area contributed by atoms with Crippen molar-refractivity contribution >= 4 is 17.9 Å². The van der Waals surface area contributed by atoms with E-state index >= 15 is 0 Å². The monoisotopic (exact) mass is 232 g/mol. The number of amides is 1. The molecule has 0 radical (unpaired) electrons. The van der Waals surface area contributed by atoms with E-state index in [2.05, 4.69) is 0 Å². The van der Waals surface area contributed by atoms with Crippen LogP contribution in [0.25, 0.3) is 0 Å². The molecule has 1 amide bonds. The summed E-state index contributed by atoms with van der Waals surface area (Å²) >= 11 is 0. The van der Waals surface area contributed by atoms with E-state index in [0.717, 1.165) is 19.4 Å². The van der Waals surface area contributed by atoms with Crippen molar-refractivity contribution in [1.82, 2.24) is 4.90 Å². The first-order valence-corrected chi connectivity index (χ1v) is 5.57. The Bertz CT molecular complexity index is 513. The number of anilines is 1. The number of nitrogens with two attached hydrogens (primary N) is 1. The Morgan fingerprint density at radius 1 is 1.47 bits per heavy atom. The number of hydrogen-bond acceptors (Lipinski definition) is 4. The summed E-state index contributed by atoms with van der Waals surface area (Å²) in [5.74, 6) is 0.410. The van der Waals surface area contributed by atoms with Crippen LogP contribution in [0.5, 0.6) is 5.75 Å². The molecule has 88 valence electrons. The highest BCUT2D eigenvalue weighted by molar-refractivity contribution is 6.01. The highest BCUT2D eigenvalue weighted by Gasteiger charge is 2.37. The summed E-state index contributed by atoms with van der Waals surface area (Å²) in [5.41, 5.74) is 6.82. The molecule has 2 heterocycles. The third-order valence-corrected chi connectivity index (χ3v) is 3.26. The van der Waals surface area contributed by atoms with Gasteiger partial charge in [-0.05, 0) is 18.6 Å². The fourth-order valence-electron chi connectivity index (χ4n) is 2.37. The van der Waals surface area contributed by atoms with Crippen molar-refractivity contribution < 1.29 is 14.3 Å². The predicted octanol–water partition coefficient (Wildman–Crippen LogP) is 1.04. The van der Waals surface area contributed by atoms with Crippen LogP contribution in [0, 0.1) is 0 Å². The molecule has 0 saturated carbocycles. The van der Waals surface area contributed by atoms with Crippen molar-refractivity contribution in [3.05, 3.63) is 23.3 Å². The summed E-state index contributed by atoms with van der Waals surface area (Å²) in [6, 6.07) is 3.07. The Hall–Kier alpha value is -2.04. The Balaban J connectivity index is 2.11. The van der Waals surface area contributed by atoms with E-state index in [-0.39, 0.29) is 12.1 Å². The van der Waals surface area contributed by atoms with Crippen molar-refractivity contribution in [2.24, 2.45) is 0 Å². The lowest BCUT2D eigenvalue weighted by molar-refractivity contribution is 0.0294. The second-order valence-corrected chi connectivity index (χ2v) is 4.31. The van der Waals surface area contributed by atoms with Gasteiger partial charge in [-0.2, -0.15) is 0 Å². The average molecular weight is 232 g/mol.